The fourth-order valence-electron chi connectivity index (χ4n) is 3.36. The lowest BCUT2D eigenvalue weighted by Gasteiger charge is -2.11. The van der Waals surface area contributed by atoms with Gasteiger partial charge in [-0.3, -0.25) is 4.79 Å². The van der Waals surface area contributed by atoms with E-state index >= 15 is 0 Å². The molecule has 2 heterocycles. The van der Waals surface area contributed by atoms with Crippen LogP contribution >= 0.6 is 23.1 Å². The standard InChI is InChI=1S/C20H20N2O2S2/c1-3-24-16-8-7-13(12(2)23)9-14(16)10-25-19-18-15-5-4-6-17(15)26-20(18)22-11-21-19/h7-9,11H,3-6,10H2,1-2H3. The second-order valence-corrected chi connectivity index (χ2v) is 8.36. The molecule has 4 nitrogen and oxygen atoms in total. The number of aromatic nitrogens is 2. The highest BCUT2D eigenvalue weighted by molar-refractivity contribution is 7.98. The maximum Gasteiger partial charge on any atom is 0.159 e. The van der Waals surface area contributed by atoms with Crippen molar-refractivity contribution in [3.05, 3.63) is 46.1 Å². The minimum atomic E-state index is 0.0689. The number of ketones is 1. The van der Waals surface area contributed by atoms with Crippen LogP contribution in [0.15, 0.2) is 29.6 Å². The van der Waals surface area contributed by atoms with Gasteiger partial charge < -0.3 is 4.74 Å². The number of hydrogen-bond acceptors (Lipinski definition) is 6. The number of carbonyl (C=O) groups excluding carboxylic acids is 1. The molecule has 134 valence electrons. The van der Waals surface area contributed by atoms with E-state index in [4.69, 9.17) is 4.74 Å². The van der Waals surface area contributed by atoms with Gasteiger partial charge in [0.1, 0.15) is 21.9 Å². The van der Waals surface area contributed by atoms with Gasteiger partial charge in [-0.05, 0) is 56.9 Å². The van der Waals surface area contributed by atoms with E-state index in [1.54, 1.807) is 36.3 Å². The van der Waals surface area contributed by atoms with E-state index in [2.05, 4.69) is 9.97 Å². The van der Waals surface area contributed by atoms with Crippen LogP contribution in [0.3, 0.4) is 0 Å². The Bertz CT molecular complexity index is 981. The van der Waals surface area contributed by atoms with E-state index in [9.17, 15) is 4.79 Å². The van der Waals surface area contributed by atoms with E-state index < -0.39 is 0 Å². The van der Waals surface area contributed by atoms with Crippen molar-refractivity contribution >= 4 is 39.1 Å². The molecule has 0 amide bonds. The van der Waals surface area contributed by atoms with E-state index in [1.807, 2.05) is 25.1 Å². The number of thiophene rings is 1. The fraction of sp³-hybridized carbons (Fsp3) is 0.350. The summed E-state index contributed by atoms with van der Waals surface area (Å²) in [5.41, 5.74) is 3.19. The van der Waals surface area contributed by atoms with Gasteiger partial charge in [0.05, 0.1) is 6.61 Å². The zero-order chi connectivity index (χ0) is 18.1. The zero-order valence-corrected chi connectivity index (χ0v) is 16.5. The third-order valence-corrected chi connectivity index (χ3v) is 6.84. The van der Waals surface area contributed by atoms with Gasteiger partial charge in [0.2, 0.25) is 0 Å². The summed E-state index contributed by atoms with van der Waals surface area (Å²) in [6, 6.07) is 5.67. The quantitative estimate of drug-likeness (QED) is 0.337. The number of nitrogens with zero attached hydrogens (tertiary/aromatic N) is 2. The SMILES string of the molecule is CCOc1ccc(C(C)=O)cc1CSc1ncnc2sc3c(c12)CCC3. The van der Waals surface area contributed by atoms with Gasteiger partial charge in [-0.15, -0.1) is 23.1 Å². The lowest BCUT2D eigenvalue weighted by molar-refractivity contribution is 0.101. The molecule has 0 saturated heterocycles. The van der Waals surface area contributed by atoms with Crippen molar-refractivity contribution in [2.24, 2.45) is 0 Å². The number of carbonyl (C=O) groups is 1. The average Bonchev–Trinajstić information content (AvgIpc) is 3.21. The molecule has 0 unspecified atom stereocenters. The first-order valence-corrected chi connectivity index (χ1v) is 10.6. The second-order valence-electron chi connectivity index (χ2n) is 6.32. The summed E-state index contributed by atoms with van der Waals surface area (Å²) in [5, 5.41) is 2.26. The summed E-state index contributed by atoms with van der Waals surface area (Å²) in [7, 11) is 0. The maximum atomic E-state index is 11.7. The number of aryl methyl sites for hydroxylation is 2. The van der Waals surface area contributed by atoms with Crippen molar-refractivity contribution in [2.75, 3.05) is 6.61 Å². The van der Waals surface area contributed by atoms with Crippen molar-refractivity contribution in [3.63, 3.8) is 0 Å². The Balaban J connectivity index is 1.66. The highest BCUT2D eigenvalue weighted by Gasteiger charge is 2.21. The van der Waals surface area contributed by atoms with Crippen LogP contribution in [0, 0.1) is 0 Å². The molecule has 6 heteroatoms. The third kappa shape index (κ3) is 3.23. The largest absolute Gasteiger partial charge is 0.494 e. The molecular weight excluding hydrogens is 364 g/mol. The number of rotatable bonds is 6. The first kappa shape index (κ1) is 17.5. The second kappa shape index (κ2) is 7.37. The molecule has 3 aromatic rings. The normalized spacial score (nSPS) is 13.2. The topological polar surface area (TPSA) is 52.1 Å². The van der Waals surface area contributed by atoms with E-state index in [0.29, 0.717) is 17.9 Å². The van der Waals surface area contributed by atoms with Crippen LogP contribution < -0.4 is 4.74 Å². The molecular formula is C20H20N2O2S2. The van der Waals surface area contributed by atoms with Crippen molar-refractivity contribution in [3.8, 4) is 5.75 Å². The van der Waals surface area contributed by atoms with E-state index in [0.717, 1.165) is 34.0 Å². The molecule has 0 fully saturated rings. The summed E-state index contributed by atoms with van der Waals surface area (Å²) in [5.74, 6) is 1.62. The molecule has 0 saturated carbocycles. The molecule has 1 aromatic carbocycles. The van der Waals surface area contributed by atoms with Crippen molar-refractivity contribution < 1.29 is 9.53 Å². The molecule has 0 radical (unpaired) electrons. The summed E-state index contributed by atoms with van der Waals surface area (Å²) < 4.78 is 5.75. The maximum absolute atomic E-state index is 11.7. The van der Waals surface area contributed by atoms with Gasteiger partial charge in [0.15, 0.2) is 5.78 Å². The number of thioether (sulfide) groups is 1. The first-order valence-electron chi connectivity index (χ1n) is 8.82. The average molecular weight is 385 g/mol. The number of benzene rings is 1. The summed E-state index contributed by atoms with van der Waals surface area (Å²) >= 11 is 3.50. The first-order chi connectivity index (χ1) is 12.7. The minimum absolute atomic E-state index is 0.0689. The van der Waals surface area contributed by atoms with E-state index in [1.165, 1.54) is 22.2 Å². The summed E-state index contributed by atoms with van der Waals surface area (Å²) in [6.07, 6.45) is 5.17. The van der Waals surface area contributed by atoms with Gasteiger partial charge in [-0.25, -0.2) is 9.97 Å². The van der Waals surface area contributed by atoms with Crippen molar-refractivity contribution in [1.29, 1.82) is 0 Å². The van der Waals surface area contributed by atoms with Gasteiger partial charge in [0.25, 0.3) is 0 Å². The smallest absolute Gasteiger partial charge is 0.159 e. The Labute approximate surface area is 161 Å². The highest BCUT2D eigenvalue weighted by atomic mass is 32.2. The molecule has 0 N–H and O–H groups in total. The Morgan fingerprint density at radius 3 is 3.00 bits per heavy atom. The molecule has 4 rings (SSSR count). The van der Waals surface area contributed by atoms with Gasteiger partial charge in [-0.1, -0.05) is 0 Å². The van der Waals surface area contributed by atoms with Crippen LogP contribution in [0.4, 0.5) is 0 Å². The number of fused-ring (bicyclic) bond motifs is 3. The number of hydrogen-bond donors (Lipinski definition) is 0. The van der Waals surface area contributed by atoms with Crippen LogP contribution in [0.2, 0.25) is 0 Å². The third-order valence-electron chi connectivity index (χ3n) is 4.60. The number of Topliss-reactive ketones (excluding diaryl/α,β-unsaturated/α-hetero) is 1. The van der Waals surface area contributed by atoms with E-state index in [-0.39, 0.29) is 5.78 Å². The van der Waals surface area contributed by atoms with Crippen LogP contribution in [0.1, 0.15) is 46.6 Å². The molecule has 0 atom stereocenters. The fourth-order valence-corrected chi connectivity index (χ4v) is 5.66. The van der Waals surface area contributed by atoms with Crippen LogP contribution in [0.25, 0.3) is 10.2 Å². The molecule has 2 aromatic heterocycles. The lowest BCUT2D eigenvalue weighted by atomic mass is 10.1. The lowest BCUT2D eigenvalue weighted by Crippen LogP contribution is -2.00. The molecule has 1 aliphatic carbocycles. The van der Waals surface area contributed by atoms with Gasteiger partial charge in [-0.2, -0.15) is 0 Å². The summed E-state index contributed by atoms with van der Waals surface area (Å²) in [4.78, 5) is 23.3. The van der Waals surface area contributed by atoms with Gasteiger partial charge in [0, 0.05) is 27.1 Å². The molecule has 0 aliphatic heterocycles. The van der Waals surface area contributed by atoms with Crippen molar-refractivity contribution in [2.45, 2.75) is 43.9 Å². The molecule has 0 spiro atoms. The highest BCUT2D eigenvalue weighted by Crippen LogP contribution is 2.41. The van der Waals surface area contributed by atoms with Gasteiger partial charge >= 0.3 is 0 Å². The molecule has 0 bridgehead atoms. The monoisotopic (exact) mass is 384 g/mol. The van der Waals surface area contributed by atoms with Crippen LogP contribution in [-0.2, 0) is 18.6 Å². The minimum Gasteiger partial charge on any atom is -0.494 e. The zero-order valence-electron chi connectivity index (χ0n) is 14.9. The predicted octanol–water partition coefficient (Wildman–Crippen LogP) is 5.07. The van der Waals surface area contributed by atoms with Crippen molar-refractivity contribution in [1.82, 2.24) is 9.97 Å². The van der Waals surface area contributed by atoms with Crippen LogP contribution in [-0.4, -0.2) is 22.4 Å². The Morgan fingerprint density at radius 1 is 1.31 bits per heavy atom. The predicted molar refractivity (Wildman–Crippen MR) is 107 cm³/mol. The van der Waals surface area contributed by atoms with Crippen LogP contribution in [0.5, 0.6) is 5.75 Å². The Hall–Kier alpha value is -1.92. The number of ether oxygens (including phenoxy) is 1. The Kier molecular flexibility index (Phi) is 4.96. The Morgan fingerprint density at radius 2 is 2.19 bits per heavy atom. The molecule has 26 heavy (non-hydrogen) atoms. The molecule has 1 aliphatic rings. The summed E-state index contributed by atoms with van der Waals surface area (Å²) in [6.45, 7) is 4.17.